The molecule has 6 heteroatoms. The molecule has 0 saturated carbocycles. The van der Waals surface area contributed by atoms with E-state index in [2.05, 4.69) is 10.3 Å². The molecule has 1 rings (SSSR count). The van der Waals surface area contributed by atoms with Gasteiger partial charge < -0.3 is 14.8 Å². The van der Waals surface area contributed by atoms with Gasteiger partial charge in [-0.2, -0.15) is 4.98 Å². The van der Waals surface area contributed by atoms with Crippen LogP contribution in [0, 0.1) is 11.6 Å². The summed E-state index contributed by atoms with van der Waals surface area (Å²) in [4.78, 5) is 3.77. The zero-order valence-corrected chi connectivity index (χ0v) is 10.8. The Bertz CT molecular complexity index is 389. The third-order valence-electron chi connectivity index (χ3n) is 2.11. The van der Waals surface area contributed by atoms with Gasteiger partial charge in [0.05, 0.1) is 6.61 Å². The standard InChI is InChI=1S/C12H18F2N2O2/c1-4-15-11-9(13)6-10(14)12(16-11)18-8(3)7-17-5-2/h6,8H,4-5,7H2,1-3H3,(H,15,16). The molecule has 0 saturated heterocycles. The van der Waals surface area contributed by atoms with Gasteiger partial charge in [0.15, 0.2) is 17.5 Å². The van der Waals surface area contributed by atoms with Crippen LogP contribution in [0.25, 0.3) is 0 Å². The van der Waals surface area contributed by atoms with Crippen LogP contribution in [0.4, 0.5) is 14.6 Å². The first kappa shape index (κ1) is 14.6. The van der Waals surface area contributed by atoms with Crippen LogP contribution in [0.5, 0.6) is 5.88 Å². The maximum atomic E-state index is 13.5. The van der Waals surface area contributed by atoms with Gasteiger partial charge in [-0.05, 0) is 20.8 Å². The summed E-state index contributed by atoms with van der Waals surface area (Å²) in [5.74, 6) is -1.80. The Balaban J connectivity index is 2.78. The molecular formula is C12H18F2N2O2. The minimum atomic E-state index is -0.822. The molecule has 0 aromatic carbocycles. The zero-order chi connectivity index (χ0) is 13.5. The SMILES string of the molecule is CCNc1nc(OC(C)COCC)c(F)cc1F. The lowest BCUT2D eigenvalue weighted by Gasteiger charge is -2.15. The summed E-state index contributed by atoms with van der Waals surface area (Å²) in [5, 5.41) is 2.70. The van der Waals surface area contributed by atoms with Crippen molar-refractivity contribution in [3.63, 3.8) is 0 Å². The lowest BCUT2D eigenvalue weighted by atomic mass is 10.4. The van der Waals surface area contributed by atoms with Gasteiger partial charge in [0, 0.05) is 19.2 Å². The number of anilines is 1. The number of hydrogen-bond donors (Lipinski definition) is 1. The van der Waals surface area contributed by atoms with Crippen LogP contribution in [-0.2, 0) is 4.74 Å². The largest absolute Gasteiger partial charge is 0.470 e. The van der Waals surface area contributed by atoms with Crippen LogP contribution in [-0.4, -0.2) is 30.8 Å². The van der Waals surface area contributed by atoms with E-state index in [1.54, 1.807) is 13.8 Å². The molecule has 0 bridgehead atoms. The Hall–Kier alpha value is -1.43. The molecule has 0 fully saturated rings. The molecular weight excluding hydrogens is 242 g/mol. The molecule has 0 aliphatic heterocycles. The second-order valence-corrected chi connectivity index (χ2v) is 3.72. The summed E-state index contributed by atoms with van der Waals surface area (Å²) >= 11 is 0. The second-order valence-electron chi connectivity index (χ2n) is 3.72. The quantitative estimate of drug-likeness (QED) is 0.818. The number of rotatable bonds is 7. The zero-order valence-electron chi connectivity index (χ0n) is 10.8. The van der Waals surface area contributed by atoms with E-state index in [9.17, 15) is 8.78 Å². The van der Waals surface area contributed by atoms with E-state index in [-0.39, 0.29) is 17.8 Å². The Labute approximate surface area is 105 Å². The van der Waals surface area contributed by atoms with E-state index in [1.807, 2.05) is 6.92 Å². The molecule has 18 heavy (non-hydrogen) atoms. The summed E-state index contributed by atoms with van der Waals surface area (Å²) in [5.41, 5.74) is 0. The van der Waals surface area contributed by atoms with Gasteiger partial charge >= 0.3 is 0 Å². The molecule has 1 N–H and O–H groups in total. The van der Waals surface area contributed by atoms with Crippen molar-refractivity contribution < 1.29 is 18.3 Å². The van der Waals surface area contributed by atoms with Gasteiger partial charge in [-0.25, -0.2) is 8.78 Å². The average Bonchev–Trinajstić information content (AvgIpc) is 2.33. The molecule has 0 aliphatic carbocycles. The third-order valence-corrected chi connectivity index (χ3v) is 2.11. The number of pyridine rings is 1. The fourth-order valence-corrected chi connectivity index (χ4v) is 1.33. The number of hydrogen-bond acceptors (Lipinski definition) is 4. The number of aromatic nitrogens is 1. The van der Waals surface area contributed by atoms with Crippen molar-refractivity contribution in [2.75, 3.05) is 25.1 Å². The van der Waals surface area contributed by atoms with Crippen LogP contribution >= 0.6 is 0 Å². The van der Waals surface area contributed by atoms with Crippen molar-refractivity contribution >= 4 is 5.82 Å². The van der Waals surface area contributed by atoms with Crippen molar-refractivity contribution in [2.24, 2.45) is 0 Å². The molecule has 0 amide bonds. The lowest BCUT2D eigenvalue weighted by Crippen LogP contribution is -2.20. The van der Waals surface area contributed by atoms with Gasteiger partial charge in [0.1, 0.15) is 6.10 Å². The highest BCUT2D eigenvalue weighted by Gasteiger charge is 2.15. The van der Waals surface area contributed by atoms with Crippen molar-refractivity contribution in [1.82, 2.24) is 4.98 Å². The van der Waals surface area contributed by atoms with Crippen molar-refractivity contribution in [2.45, 2.75) is 26.9 Å². The van der Waals surface area contributed by atoms with E-state index in [0.717, 1.165) is 6.07 Å². The molecule has 0 aliphatic rings. The maximum absolute atomic E-state index is 13.5. The summed E-state index contributed by atoms with van der Waals surface area (Å²) in [7, 11) is 0. The third kappa shape index (κ3) is 4.10. The van der Waals surface area contributed by atoms with Gasteiger partial charge in [0.25, 0.3) is 5.88 Å². The van der Waals surface area contributed by atoms with Crippen LogP contribution in [0.1, 0.15) is 20.8 Å². The molecule has 1 atom stereocenters. The minimum Gasteiger partial charge on any atom is -0.470 e. The molecule has 1 aromatic heterocycles. The Morgan fingerprint density at radius 3 is 2.67 bits per heavy atom. The predicted octanol–water partition coefficient (Wildman–Crippen LogP) is 2.60. The number of halogens is 2. The second kappa shape index (κ2) is 7.10. The van der Waals surface area contributed by atoms with Crippen molar-refractivity contribution in [1.29, 1.82) is 0 Å². The lowest BCUT2D eigenvalue weighted by molar-refractivity contribution is 0.0610. The van der Waals surface area contributed by atoms with E-state index in [0.29, 0.717) is 19.8 Å². The summed E-state index contributed by atoms with van der Waals surface area (Å²) in [6, 6.07) is 0.758. The Kier molecular flexibility index (Phi) is 5.77. The Morgan fingerprint density at radius 2 is 2.06 bits per heavy atom. The minimum absolute atomic E-state index is 0.0162. The topological polar surface area (TPSA) is 43.4 Å². The van der Waals surface area contributed by atoms with E-state index in [1.165, 1.54) is 0 Å². The molecule has 4 nitrogen and oxygen atoms in total. The van der Waals surface area contributed by atoms with E-state index >= 15 is 0 Å². The normalized spacial score (nSPS) is 12.3. The maximum Gasteiger partial charge on any atom is 0.252 e. The van der Waals surface area contributed by atoms with Crippen LogP contribution in [0.15, 0.2) is 6.07 Å². The number of nitrogens with one attached hydrogen (secondary N) is 1. The summed E-state index contributed by atoms with van der Waals surface area (Å²) < 4.78 is 37.2. The van der Waals surface area contributed by atoms with Gasteiger partial charge in [-0.3, -0.25) is 0 Å². The molecule has 1 aromatic rings. The monoisotopic (exact) mass is 260 g/mol. The average molecular weight is 260 g/mol. The van der Waals surface area contributed by atoms with Crippen LogP contribution in [0.3, 0.4) is 0 Å². The highest BCUT2D eigenvalue weighted by atomic mass is 19.1. The molecule has 0 radical (unpaired) electrons. The highest BCUT2D eigenvalue weighted by molar-refractivity contribution is 5.39. The van der Waals surface area contributed by atoms with Crippen LogP contribution in [0.2, 0.25) is 0 Å². The van der Waals surface area contributed by atoms with Gasteiger partial charge in [-0.15, -0.1) is 0 Å². The van der Waals surface area contributed by atoms with Crippen LogP contribution < -0.4 is 10.1 Å². The first-order valence-electron chi connectivity index (χ1n) is 5.92. The van der Waals surface area contributed by atoms with E-state index < -0.39 is 11.6 Å². The predicted molar refractivity (Wildman–Crippen MR) is 64.9 cm³/mol. The fourth-order valence-electron chi connectivity index (χ4n) is 1.33. The van der Waals surface area contributed by atoms with E-state index in [4.69, 9.17) is 9.47 Å². The number of ether oxygens (including phenoxy) is 2. The summed E-state index contributed by atoms with van der Waals surface area (Å²) in [6.07, 6.45) is -0.355. The molecule has 0 spiro atoms. The van der Waals surface area contributed by atoms with Gasteiger partial charge in [-0.1, -0.05) is 0 Å². The molecule has 1 unspecified atom stereocenters. The van der Waals surface area contributed by atoms with Gasteiger partial charge in [0.2, 0.25) is 0 Å². The molecule has 1 heterocycles. The first-order chi connectivity index (χ1) is 8.58. The smallest absolute Gasteiger partial charge is 0.252 e. The number of nitrogens with zero attached hydrogens (tertiary/aromatic N) is 1. The fraction of sp³-hybridized carbons (Fsp3) is 0.583. The molecule has 102 valence electrons. The Morgan fingerprint density at radius 1 is 1.33 bits per heavy atom. The van der Waals surface area contributed by atoms with Crippen molar-refractivity contribution in [3.8, 4) is 5.88 Å². The van der Waals surface area contributed by atoms with Crippen molar-refractivity contribution in [3.05, 3.63) is 17.7 Å². The first-order valence-corrected chi connectivity index (χ1v) is 5.92. The summed E-state index contributed by atoms with van der Waals surface area (Å²) in [6.45, 7) is 6.74. The highest BCUT2D eigenvalue weighted by Crippen LogP contribution is 2.21.